The highest BCUT2D eigenvalue weighted by Crippen LogP contribution is 2.38. The topological polar surface area (TPSA) is 58.6 Å². The maximum atomic E-state index is 13.5. The summed E-state index contributed by atoms with van der Waals surface area (Å²) >= 11 is 7.55. The van der Waals surface area contributed by atoms with Crippen molar-refractivity contribution in [1.82, 2.24) is 0 Å². The van der Waals surface area contributed by atoms with Gasteiger partial charge < -0.3 is 10.1 Å². The second kappa shape index (κ2) is 7.97. The van der Waals surface area contributed by atoms with Gasteiger partial charge in [0.15, 0.2) is 0 Å². The van der Waals surface area contributed by atoms with Gasteiger partial charge in [-0.25, -0.2) is 4.90 Å². The molecule has 1 aliphatic rings. The lowest BCUT2D eigenvalue weighted by atomic mass is 10.1. The van der Waals surface area contributed by atoms with Crippen LogP contribution in [0, 0.1) is 13.8 Å². The van der Waals surface area contributed by atoms with Gasteiger partial charge in [-0.05, 0) is 60.7 Å². The first kappa shape index (κ1) is 20.2. The van der Waals surface area contributed by atoms with Crippen LogP contribution in [0.25, 0.3) is 5.57 Å². The van der Waals surface area contributed by atoms with Crippen molar-refractivity contribution in [2.45, 2.75) is 13.8 Å². The minimum atomic E-state index is -0.417. The lowest BCUT2D eigenvalue weighted by Crippen LogP contribution is -2.33. The van der Waals surface area contributed by atoms with Crippen molar-refractivity contribution in [2.75, 3.05) is 17.3 Å². The molecule has 152 valence electrons. The van der Waals surface area contributed by atoms with Crippen LogP contribution in [0.5, 0.6) is 5.75 Å². The molecule has 3 aromatic rings. The predicted molar refractivity (Wildman–Crippen MR) is 121 cm³/mol. The number of carbonyl (C=O) groups is 2. The van der Waals surface area contributed by atoms with Gasteiger partial charge in [0.05, 0.1) is 24.1 Å². The molecule has 2 amide bonds. The minimum absolute atomic E-state index is 0.198. The highest BCUT2D eigenvalue weighted by atomic mass is 35.5. The summed E-state index contributed by atoms with van der Waals surface area (Å²) in [5.74, 6) is -0.262. The molecule has 1 aliphatic heterocycles. The first-order valence-corrected chi connectivity index (χ1v) is 10.5. The van der Waals surface area contributed by atoms with Crippen LogP contribution in [0.15, 0.2) is 59.6 Å². The molecular weight excluding hydrogens is 420 g/mol. The largest absolute Gasteiger partial charge is 0.495 e. The van der Waals surface area contributed by atoms with E-state index in [1.165, 1.54) is 23.3 Å². The number of ether oxygens (including phenoxy) is 1. The smallest absolute Gasteiger partial charge is 0.282 e. The number of nitrogens with zero attached hydrogens (tertiary/aromatic N) is 1. The molecule has 0 atom stereocenters. The zero-order valence-corrected chi connectivity index (χ0v) is 18.2. The van der Waals surface area contributed by atoms with E-state index in [1.54, 1.807) is 18.2 Å². The standard InChI is InChI=1S/C23H19ClN2O3S/c1-13-6-7-14(2)17(11-13)26-22(27)20(19-5-4-10-30-19)21(23(26)28)25-16-12-15(24)8-9-18(16)29-3/h4-12,25H,1-3H3. The highest BCUT2D eigenvalue weighted by Gasteiger charge is 2.41. The van der Waals surface area contributed by atoms with Gasteiger partial charge in [-0.15, -0.1) is 11.3 Å². The third-order valence-corrected chi connectivity index (χ3v) is 6.00. The molecule has 0 unspecified atom stereocenters. The average Bonchev–Trinajstić information content (AvgIpc) is 3.31. The Morgan fingerprint density at radius 3 is 2.53 bits per heavy atom. The van der Waals surface area contributed by atoms with Crippen molar-refractivity contribution in [3.05, 3.63) is 80.6 Å². The van der Waals surface area contributed by atoms with Crippen LogP contribution in [0.3, 0.4) is 0 Å². The first-order chi connectivity index (χ1) is 14.4. The number of halogens is 1. The van der Waals surface area contributed by atoms with Crippen molar-refractivity contribution in [1.29, 1.82) is 0 Å². The molecule has 1 aromatic heterocycles. The number of aryl methyl sites for hydroxylation is 2. The van der Waals surface area contributed by atoms with Gasteiger partial charge in [-0.3, -0.25) is 9.59 Å². The number of thiophene rings is 1. The SMILES string of the molecule is COc1ccc(Cl)cc1NC1=C(c2cccs2)C(=O)N(c2cc(C)ccc2C)C1=O. The molecule has 0 aliphatic carbocycles. The first-order valence-electron chi connectivity index (χ1n) is 9.25. The number of rotatable bonds is 5. The number of benzene rings is 2. The number of anilines is 2. The average molecular weight is 439 g/mol. The third-order valence-electron chi connectivity index (χ3n) is 4.88. The van der Waals surface area contributed by atoms with Crippen molar-refractivity contribution in [2.24, 2.45) is 0 Å². The van der Waals surface area contributed by atoms with Gasteiger partial charge in [0.2, 0.25) is 0 Å². The third kappa shape index (κ3) is 3.49. The molecular formula is C23H19ClN2O3S. The van der Waals surface area contributed by atoms with Crippen LogP contribution in [-0.4, -0.2) is 18.9 Å². The Bertz CT molecular complexity index is 1190. The molecule has 0 saturated heterocycles. The number of carbonyl (C=O) groups excluding carboxylic acids is 2. The van der Waals surface area contributed by atoms with Gasteiger partial charge in [0.25, 0.3) is 11.8 Å². The van der Waals surface area contributed by atoms with Crippen molar-refractivity contribution >= 4 is 51.7 Å². The van der Waals surface area contributed by atoms with E-state index in [1.807, 2.05) is 49.6 Å². The molecule has 0 spiro atoms. The van der Waals surface area contributed by atoms with Gasteiger partial charge >= 0.3 is 0 Å². The van der Waals surface area contributed by atoms with Crippen LogP contribution in [0.2, 0.25) is 5.02 Å². The summed E-state index contributed by atoms with van der Waals surface area (Å²) in [4.78, 5) is 28.9. The molecule has 0 radical (unpaired) electrons. The Morgan fingerprint density at radius 1 is 1.03 bits per heavy atom. The maximum Gasteiger partial charge on any atom is 0.282 e. The fraction of sp³-hybridized carbons (Fsp3) is 0.130. The lowest BCUT2D eigenvalue weighted by Gasteiger charge is -2.18. The Labute approximate surface area is 183 Å². The van der Waals surface area contributed by atoms with Crippen molar-refractivity contribution in [3.63, 3.8) is 0 Å². The van der Waals surface area contributed by atoms with E-state index < -0.39 is 5.91 Å². The van der Waals surface area contributed by atoms with Gasteiger partial charge in [-0.2, -0.15) is 0 Å². The molecule has 5 nitrogen and oxygen atoms in total. The molecule has 1 N–H and O–H groups in total. The Kier molecular flexibility index (Phi) is 5.37. The van der Waals surface area contributed by atoms with E-state index in [-0.39, 0.29) is 11.6 Å². The molecule has 2 aromatic carbocycles. The zero-order valence-electron chi connectivity index (χ0n) is 16.7. The fourth-order valence-electron chi connectivity index (χ4n) is 3.39. The number of nitrogens with one attached hydrogen (secondary N) is 1. The van der Waals surface area contributed by atoms with Crippen LogP contribution in [0.4, 0.5) is 11.4 Å². The van der Waals surface area contributed by atoms with E-state index >= 15 is 0 Å². The summed E-state index contributed by atoms with van der Waals surface area (Å²) in [6, 6.07) is 14.5. The summed E-state index contributed by atoms with van der Waals surface area (Å²) < 4.78 is 5.39. The van der Waals surface area contributed by atoms with E-state index in [4.69, 9.17) is 16.3 Å². The van der Waals surface area contributed by atoms with E-state index in [0.717, 1.165) is 11.1 Å². The van der Waals surface area contributed by atoms with Crippen molar-refractivity contribution < 1.29 is 14.3 Å². The Balaban J connectivity index is 1.85. The second-order valence-electron chi connectivity index (χ2n) is 6.93. The van der Waals surface area contributed by atoms with Crippen LogP contribution in [-0.2, 0) is 9.59 Å². The Hall–Kier alpha value is -3.09. The summed E-state index contributed by atoms with van der Waals surface area (Å²) in [6.07, 6.45) is 0. The monoisotopic (exact) mass is 438 g/mol. The molecule has 7 heteroatoms. The van der Waals surface area contributed by atoms with Gasteiger partial charge in [0.1, 0.15) is 11.4 Å². The van der Waals surface area contributed by atoms with E-state index in [9.17, 15) is 9.59 Å². The van der Waals surface area contributed by atoms with E-state index in [2.05, 4.69) is 5.32 Å². The normalized spacial score (nSPS) is 13.9. The number of hydrogen-bond donors (Lipinski definition) is 1. The Morgan fingerprint density at radius 2 is 1.83 bits per heavy atom. The summed E-state index contributed by atoms with van der Waals surface area (Å²) in [5.41, 5.74) is 3.43. The molecule has 30 heavy (non-hydrogen) atoms. The molecule has 0 saturated carbocycles. The zero-order chi connectivity index (χ0) is 21.4. The minimum Gasteiger partial charge on any atom is -0.495 e. The summed E-state index contributed by atoms with van der Waals surface area (Å²) in [5, 5.41) is 5.48. The quantitative estimate of drug-likeness (QED) is 0.540. The fourth-order valence-corrected chi connectivity index (χ4v) is 4.33. The predicted octanol–water partition coefficient (Wildman–Crippen LogP) is 5.42. The van der Waals surface area contributed by atoms with Gasteiger partial charge in [-0.1, -0.05) is 29.8 Å². The molecule has 2 heterocycles. The number of methoxy groups -OCH3 is 1. The summed E-state index contributed by atoms with van der Waals surface area (Å²) in [7, 11) is 1.53. The second-order valence-corrected chi connectivity index (χ2v) is 8.32. The lowest BCUT2D eigenvalue weighted by molar-refractivity contribution is -0.120. The molecule has 0 bridgehead atoms. The van der Waals surface area contributed by atoms with Crippen molar-refractivity contribution in [3.8, 4) is 5.75 Å². The van der Waals surface area contributed by atoms with Crippen LogP contribution < -0.4 is 15.0 Å². The van der Waals surface area contributed by atoms with Crippen LogP contribution >= 0.6 is 22.9 Å². The number of amides is 2. The number of hydrogen-bond acceptors (Lipinski definition) is 5. The van der Waals surface area contributed by atoms with Crippen LogP contribution in [0.1, 0.15) is 16.0 Å². The number of imide groups is 1. The van der Waals surface area contributed by atoms with Gasteiger partial charge in [0, 0.05) is 9.90 Å². The summed E-state index contributed by atoms with van der Waals surface area (Å²) in [6.45, 7) is 3.81. The highest BCUT2D eigenvalue weighted by molar-refractivity contribution is 7.11. The van der Waals surface area contributed by atoms with E-state index in [0.29, 0.717) is 32.6 Å². The maximum absolute atomic E-state index is 13.5. The molecule has 0 fully saturated rings. The molecule has 4 rings (SSSR count).